The summed E-state index contributed by atoms with van der Waals surface area (Å²) >= 11 is 12.9. The SMILES string of the molecule is NC(c1ccc(F)c(Cl)c1)c1ccc(Cl)s1. The molecule has 1 nitrogen and oxygen atoms in total. The van der Waals surface area contributed by atoms with Crippen LogP contribution >= 0.6 is 34.5 Å². The Morgan fingerprint density at radius 2 is 1.94 bits per heavy atom. The molecular formula is C11H8Cl2FNS. The summed E-state index contributed by atoms with van der Waals surface area (Å²) in [5.74, 6) is -0.443. The summed E-state index contributed by atoms with van der Waals surface area (Å²) in [6.07, 6.45) is 0. The number of thiophene rings is 1. The van der Waals surface area contributed by atoms with Crippen molar-refractivity contribution >= 4 is 34.5 Å². The maximum Gasteiger partial charge on any atom is 0.141 e. The number of nitrogens with two attached hydrogens (primary N) is 1. The van der Waals surface area contributed by atoms with E-state index in [1.165, 1.54) is 23.5 Å². The normalized spacial score (nSPS) is 12.8. The molecule has 0 saturated carbocycles. The molecule has 0 bridgehead atoms. The second kappa shape index (κ2) is 4.72. The minimum absolute atomic E-state index is 0.0793. The highest BCUT2D eigenvalue weighted by Crippen LogP contribution is 2.30. The van der Waals surface area contributed by atoms with Crippen LogP contribution in [0.2, 0.25) is 9.36 Å². The van der Waals surface area contributed by atoms with Gasteiger partial charge in [-0.1, -0.05) is 29.3 Å². The highest BCUT2D eigenvalue weighted by Gasteiger charge is 2.12. The number of benzene rings is 1. The van der Waals surface area contributed by atoms with Crippen molar-refractivity contribution < 1.29 is 4.39 Å². The highest BCUT2D eigenvalue weighted by molar-refractivity contribution is 7.16. The molecule has 84 valence electrons. The van der Waals surface area contributed by atoms with E-state index in [-0.39, 0.29) is 11.1 Å². The molecule has 1 atom stereocenters. The first-order valence-electron chi connectivity index (χ1n) is 4.53. The molecule has 0 aliphatic carbocycles. The Hall–Kier alpha value is -0.610. The van der Waals surface area contributed by atoms with Crippen molar-refractivity contribution in [2.75, 3.05) is 0 Å². The molecule has 2 rings (SSSR count). The summed E-state index contributed by atoms with van der Waals surface area (Å²) in [4.78, 5) is 0.924. The lowest BCUT2D eigenvalue weighted by Crippen LogP contribution is -2.10. The van der Waals surface area contributed by atoms with Gasteiger partial charge in [0.15, 0.2) is 0 Å². The molecule has 0 aliphatic heterocycles. The van der Waals surface area contributed by atoms with Crippen LogP contribution in [0, 0.1) is 5.82 Å². The number of rotatable bonds is 2. The topological polar surface area (TPSA) is 26.0 Å². The van der Waals surface area contributed by atoms with Crippen molar-refractivity contribution in [2.45, 2.75) is 6.04 Å². The first-order chi connectivity index (χ1) is 7.58. The average molecular weight is 276 g/mol. The quantitative estimate of drug-likeness (QED) is 0.872. The standard InChI is InChI=1S/C11H8Cl2FNS/c12-7-5-6(1-2-8(7)14)11(15)9-3-4-10(13)16-9/h1-5,11H,15H2. The summed E-state index contributed by atoms with van der Waals surface area (Å²) in [5.41, 5.74) is 6.79. The third kappa shape index (κ3) is 2.38. The summed E-state index contributed by atoms with van der Waals surface area (Å²) in [6, 6.07) is 7.79. The zero-order chi connectivity index (χ0) is 11.7. The number of hydrogen-bond donors (Lipinski definition) is 1. The molecule has 1 heterocycles. The van der Waals surface area contributed by atoms with Crippen molar-refractivity contribution in [1.29, 1.82) is 0 Å². The molecule has 2 N–H and O–H groups in total. The van der Waals surface area contributed by atoms with Crippen LogP contribution in [-0.4, -0.2) is 0 Å². The summed E-state index contributed by atoms with van der Waals surface area (Å²) in [7, 11) is 0. The fourth-order valence-corrected chi connectivity index (χ4v) is 2.65. The van der Waals surface area contributed by atoms with Crippen LogP contribution < -0.4 is 5.73 Å². The largest absolute Gasteiger partial charge is 0.320 e. The predicted molar refractivity (Wildman–Crippen MR) is 66.8 cm³/mol. The van der Waals surface area contributed by atoms with E-state index in [4.69, 9.17) is 28.9 Å². The first-order valence-corrected chi connectivity index (χ1v) is 6.11. The van der Waals surface area contributed by atoms with Gasteiger partial charge >= 0.3 is 0 Å². The average Bonchev–Trinajstić information content (AvgIpc) is 2.68. The van der Waals surface area contributed by atoms with E-state index < -0.39 is 5.82 Å². The third-order valence-electron chi connectivity index (χ3n) is 2.20. The predicted octanol–water partition coefficient (Wildman–Crippen LogP) is 4.24. The molecule has 0 radical (unpaired) electrons. The Labute approximate surface area is 107 Å². The molecule has 1 aromatic heterocycles. The third-order valence-corrected chi connectivity index (χ3v) is 3.81. The zero-order valence-corrected chi connectivity index (χ0v) is 10.4. The van der Waals surface area contributed by atoms with E-state index in [0.29, 0.717) is 4.34 Å². The molecule has 2 aromatic rings. The van der Waals surface area contributed by atoms with Crippen molar-refractivity contribution in [3.05, 3.63) is 55.9 Å². The fraction of sp³-hybridized carbons (Fsp3) is 0.0909. The maximum absolute atomic E-state index is 13.0. The van der Waals surface area contributed by atoms with Crippen molar-refractivity contribution in [1.82, 2.24) is 0 Å². The summed E-state index contributed by atoms with van der Waals surface area (Å²) in [6.45, 7) is 0. The van der Waals surface area contributed by atoms with Gasteiger partial charge in [-0.05, 0) is 29.8 Å². The van der Waals surface area contributed by atoms with E-state index >= 15 is 0 Å². The molecule has 0 fully saturated rings. The van der Waals surface area contributed by atoms with Gasteiger partial charge in [-0.3, -0.25) is 0 Å². The van der Waals surface area contributed by atoms with Gasteiger partial charge in [0.1, 0.15) is 5.82 Å². The van der Waals surface area contributed by atoms with Gasteiger partial charge in [-0.15, -0.1) is 11.3 Å². The molecule has 16 heavy (non-hydrogen) atoms. The molecule has 1 aromatic carbocycles. The van der Waals surface area contributed by atoms with Crippen molar-refractivity contribution in [2.24, 2.45) is 5.73 Å². The van der Waals surface area contributed by atoms with Gasteiger partial charge in [0, 0.05) is 4.88 Å². The Morgan fingerprint density at radius 1 is 1.19 bits per heavy atom. The van der Waals surface area contributed by atoms with Gasteiger partial charge in [0.25, 0.3) is 0 Å². The maximum atomic E-state index is 13.0. The van der Waals surface area contributed by atoms with E-state index in [9.17, 15) is 4.39 Å². The Kier molecular flexibility index (Phi) is 3.50. The van der Waals surface area contributed by atoms with E-state index in [0.717, 1.165) is 10.4 Å². The highest BCUT2D eigenvalue weighted by atomic mass is 35.5. The first kappa shape index (κ1) is 11.9. The Balaban J connectivity index is 2.33. The van der Waals surface area contributed by atoms with Crippen LogP contribution in [0.5, 0.6) is 0 Å². The number of hydrogen-bond acceptors (Lipinski definition) is 2. The molecule has 5 heteroatoms. The van der Waals surface area contributed by atoms with Crippen LogP contribution in [0.3, 0.4) is 0 Å². The lowest BCUT2D eigenvalue weighted by atomic mass is 10.1. The lowest BCUT2D eigenvalue weighted by Gasteiger charge is -2.10. The molecular weight excluding hydrogens is 268 g/mol. The molecule has 1 unspecified atom stereocenters. The second-order valence-corrected chi connectivity index (χ2v) is 5.45. The zero-order valence-electron chi connectivity index (χ0n) is 8.08. The summed E-state index contributed by atoms with van der Waals surface area (Å²) in [5, 5.41) is 0.0793. The van der Waals surface area contributed by atoms with Gasteiger partial charge in [0.2, 0.25) is 0 Å². The Bertz CT molecular complexity index is 512. The van der Waals surface area contributed by atoms with Crippen LogP contribution in [0.1, 0.15) is 16.5 Å². The van der Waals surface area contributed by atoms with Crippen LogP contribution in [0.4, 0.5) is 4.39 Å². The van der Waals surface area contributed by atoms with E-state index in [1.807, 2.05) is 6.07 Å². The Morgan fingerprint density at radius 3 is 2.50 bits per heavy atom. The molecule has 0 aliphatic rings. The van der Waals surface area contributed by atoms with Crippen LogP contribution in [-0.2, 0) is 0 Å². The van der Waals surface area contributed by atoms with Gasteiger partial charge in [-0.2, -0.15) is 0 Å². The van der Waals surface area contributed by atoms with Crippen molar-refractivity contribution in [3.63, 3.8) is 0 Å². The fourth-order valence-electron chi connectivity index (χ4n) is 1.37. The molecule has 0 amide bonds. The minimum Gasteiger partial charge on any atom is -0.320 e. The lowest BCUT2D eigenvalue weighted by molar-refractivity contribution is 0.627. The van der Waals surface area contributed by atoms with Crippen molar-refractivity contribution in [3.8, 4) is 0 Å². The number of halogens is 3. The van der Waals surface area contributed by atoms with Crippen LogP contribution in [0.15, 0.2) is 30.3 Å². The minimum atomic E-state index is -0.443. The monoisotopic (exact) mass is 275 g/mol. The van der Waals surface area contributed by atoms with Gasteiger partial charge < -0.3 is 5.73 Å². The van der Waals surface area contributed by atoms with Gasteiger partial charge in [-0.25, -0.2) is 4.39 Å². The van der Waals surface area contributed by atoms with E-state index in [2.05, 4.69) is 0 Å². The van der Waals surface area contributed by atoms with Crippen LogP contribution in [0.25, 0.3) is 0 Å². The molecule has 0 saturated heterocycles. The molecule has 0 spiro atoms. The summed E-state index contributed by atoms with van der Waals surface area (Å²) < 4.78 is 13.7. The van der Waals surface area contributed by atoms with Gasteiger partial charge in [0.05, 0.1) is 15.4 Å². The second-order valence-electron chi connectivity index (χ2n) is 3.29. The smallest absolute Gasteiger partial charge is 0.141 e. The van der Waals surface area contributed by atoms with E-state index in [1.54, 1.807) is 12.1 Å².